The first kappa shape index (κ1) is 13.8. The molecule has 4 rings (SSSR count). The van der Waals surface area contributed by atoms with Crippen LogP contribution in [0.2, 0.25) is 0 Å². The second-order valence-corrected chi connectivity index (χ2v) is 5.16. The minimum atomic E-state index is -4.48. The van der Waals surface area contributed by atoms with Crippen molar-refractivity contribution in [3.63, 3.8) is 0 Å². The van der Waals surface area contributed by atoms with E-state index in [-0.39, 0.29) is 21.8 Å². The summed E-state index contributed by atoms with van der Waals surface area (Å²) in [6.45, 7) is 0. The Morgan fingerprint density at radius 1 is 0.957 bits per heavy atom. The first-order valence-corrected chi connectivity index (χ1v) is 6.77. The second kappa shape index (κ2) is 4.55. The fourth-order valence-electron chi connectivity index (χ4n) is 2.61. The molecule has 0 radical (unpaired) electrons. The molecule has 0 aliphatic heterocycles. The van der Waals surface area contributed by atoms with Gasteiger partial charge in [-0.3, -0.25) is 9.78 Å². The maximum Gasteiger partial charge on any atom is 0.416 e. The van der Waals surface area contributed by atoms with Crippen LogP contribution < -0.4 is 5.43 Å². The zero-order valence-electron chi connectivity index (χ0n) is 11.5. The summed E-state index contributed by atoms with van der Waals surface area (Å²) >= 11 is 0. The monoisotopic (exact) mass is 315 g/mol. The summed E-state index contributed by atoms with van der Waals surface area (Å²) in [6, 6.07) is 9.80. The lowest BCUT2D eigenvalue weighted by Gasteiger charge is -2.09. The Hall–Kier alpha value is -2.89. The normalized spacial score (nSPS) is 12.3. The molecule has 4 aromatic rings. The van der Waals surface area contributed by atoms with Crippen molar-refractivity contribution in [1.29, 1.82) is 0 Å². The van der Waals surface area contributed by atoms with E-state index in [4.69, 9.17) is 4.42 Å². The molecule has 0 atom stereocenters. The lowest BCUT2D eigenvalue weighted by Crippen LogP contribution is -2.06. The van der Waals surface area contributed by atoms with Crippen LogP contribution in [0.4, 0.5) is 13.2 Å². The number of hydrogen-bond acceptors (Lipinski definition) is 3. The molecule has 0 aliphatic rings. The van der Waals surface area contributed by atoms with Crippen LogP contribution >= 0.6 is 0 Å². The van der Waals surface area contributed by atoms with Gasteiger partial charge in [0, 0.05) is 11.6 Å². The fourth-order valence-corrected chi connectivity index (χ4v) is 2.61. The number of rotatable bonds is 0. The van der Waals surface area contributed by atoms with E-state index in [1.54, 1.807) is 24.3 Å². The Morgan fingerprint density at radius 3 is 2.52 bits per heavy atom. The van der Waals surface area contributed by atoms with E-state index in [2.05, 4.69) is 4.98 Å². The average molecular weight is 315 g/mol. The molecule has 2 aromatic carbocycles. The first-order valence-electron chi connectivity index (χ1n) is 6.77. The number of halogens is 3. The molecule has 0 N–H and O–H groups in total. The minimum Gasteiger partial charge on any atom is -0.455 e. The van der Waals surface area contributed by atoms with E-state index in [0.717, 1.165) is 12.1 Å². The number of alkyl halides is 3. The number of aromatic nitrogens is 1. The van der Waals surface area contributed by atoms with Gasteiger partial charge in [-0.15, -0.1) is 0 Å². The van der Waals surface area contributed by atoms with Crippen molar-refractivity contribution in [3.8, 4) is 0 Å². The van der Waals surface area contributed by atoms with E-state index in [9.17, 15) is 18.0 Å². The standard InChI is InChI=1S/C17H8F3NO2/c18-17(19,20)9-5-6-13-11(7-9)16-12(8-21-13)15(22)10-3-1-2-4-14(10)23-16/h1-8H. The van der Waals surface area contributed by atoms with E-state index >= 15 is 0 Å². The summed E-state index contributed by atoms with van der Waals surface area (Å²) in [5.74, 6) is 0. The van der Waals surface area contributed by atoms with Gasteiger partial charge >= 0.3 is 6.18 Å². The molecule has 0 aliphatic carbocycles. The number of nitrogens with zero attached hydrogens (tertiary/aromatic N) is 1. The van der Waals surface area contributed by atoms with Gasteiger partial charge in [-0.05, 0) is 30.3 Å². The number of hydrogen-bond donors (Lipinski definition) is 0. The Balaban J connectivity index is 2.21. The van der Waals surface area contributed by atoms with Gasteiger partial charge in [0.15, 0.2) is 0 Å². The molecular formula is C17H8F3NO2. The summed E-state index contributed by atoms with van der Waals surface area (Å²) in [4.78, 5) is 16.6. The van der Waals surface area contributed by atoms with Crippen LogP contribution in [0.15, 0.2) is 57.9 Å². The van der Waals surface area contributed by atoms with Gasteiger partial charge in [-0.2, -0.15) is 13.2 Å². The van der Waals surface area contributed by atoms with Crippen molar-refractivity contribution >= 4 is 32.8 Å². The third-order valence-electron chi connectivity index (χ3n) is 3.73. The Labute approximate surface area is 127 Å². The highest BCUT2D eigenvalue weighted by Crippen LogP contribution is 2.33. The van der Waals surface area contributed by atoms with Gasteiger partial charge in [0.1, 0.15) is 11.2 Å². The molecule has 0 saturated carbocycles. The molecular weight excluding hydrogens is 307 g/mol. The maximum absolute atomic E-state index is 12.9. The molecule has 6 heteroatoms. The predicted octanol–water partition coefficient (Wildman–Crippen LogP) is 4.51. The number of fused-ring (bicyclic) bond motifs is 4. The second-order valence-electron chi connectivity index (χ2n) is 5.16. The molecule has 114 valence electrons. The van der Waals surface area contributed by atoms with E-state index in [1.165, 1.54) is 12.3 Å². The summed E-state index contributed by atoms with van der Waals surface area (Å²) < 4.78 is 44.5. The summed E-state index contributed by atoms with van der Waals surface area (Å²) in [5, 5.41) is 0.698. The van der Waals surface area contributed by atoms with Crippen molar-refractivity contribution in [2.24, 2.45) is 0 Å². The van der Waals surface area contributed by atoms with Crippen molar-refractivity contribution in [2.45, 2.75) is 6.18 Å². The maximum atomic E-state index is 12.9. The molecule has 23 heavy (non-hydrogen) atoms. The lowest BCUT2D eigenvalue weighted by atomic mass is 10.1. The zero-order valence-corrected chi connectivity index (χ0v) is 11.5. The Bertz CT molecular complexity index is 1130. The first-order chi connectivity index (χ1) is 10.9. The van der Waals surface area contributed by atoms with Crippen LogP contribution in [-0.2, 0) is 6.18 Å². The quantitative estimate of drug-likeness (QED) is 0.354. The Morgan fingerprint density at radius 2 is 1.74 bits per heavy atom. The van der Waals surface area contributed by atoms with Crippen LogP contribution in [0.25, 0.3) is 32.8 Å². The van der Waals surface area contributed by atoms with Crippen LogP contribution in [0.3, 0.4) is 0 Å². The van der Waals surface area contributed by atoms with Gasteiger partial charge in [0.05, 0.1) is 21.9 Å². The topological polar surface area (TPSA) is 43.1 Å². The van der Waals surface area contributed by atoms with Crippen molar-refractivity contribution in [1.82, 2.24) is 4.98 Å². The number of para-hydroxylation sites is 1. The molecule has 2 heterocycles. The van der Waals surface area contributed by atoms with Gasteiger partial charge < -0.3 is 4.42 Å². The number of pyridine rings is 1. The highest BCUT2D eigenvalue weighted by atomic mass is 19.4. The van der Waals surface area contributed by atoms with Gasteiger partial charge in [-0.25, -0.2) is 0 Å². The van der Waals surface area contributed by atoms with E-state index in [1.807, 2.05) is 0 Å². The van der Waals surface area contributed by atoms with Crippen LogP contribution in [-0.4, -0.2) is 4.98 Å². The fraction of sp³-hybridized carbons (Fsp3) is 0.0588. The molecule has 2 aromatic heterocycles. The average Bonchev–Trinajstić information content (AvgIpc) is 2.53. The molecule has 0 spiro atoms. The van der Waals surface area contributed by atoms with Crippen LogP contribution in [0.5, 0.6) is 0 Å². The Kier molecular flexibility index (Phi) is 2.72. The van der Waals surface area contributed by atoms with Gasteiger partial charge in [0.25, 0.3) is 0 Å². The van der Waals surface area contributed by atoms with Crippen LogP contribution in [0.1, 0.15) is 5.56 Å². The molecule has 0 amide bonds. The van der Waals surface area contributed by atoms with Crippen molar-refractivity contribution in [2.75, 3.05) is 0 Å². The van der Waals surface area contributed by atoms with E-state index < -0.39 is 11.7 Å². The molecule has 0 fully saturated rings. The van der Waals surface area contributed by atoms with E-state index in [0.29, 0.717) is 16.5 Å². The summed E-state index contributed by atoms with van der Waals surface area (Å²) in [6.07, 6.45) is -3.14. The molecule has 0 saturated heterocycles. The van der Waals surface area contributed by atoms with Crippen molar-refractivity contribution in [3.05, 3.63) is 64.4 Å². The van der Waals surface area contributed by atoms with Crippen molar-refractivity contribution < 1.29 is 17.6 Å². The summed E-state index contributed by atoms with van der Waals surface area (Å²) in [7, 11) is 0. The van der Waals surface area contributed by atoms with Crippen LogP contribution in [0, 0.1) is 0 Å². The smallest absolute Gasteiger partial charge is 0.416 e. The third kappa shape index (κ3) is 2.06. The minimum absolute atomic E-state index is 0.116. The zero-order chi connectivity index (χ0) is 16.2. The molecule has 0 bridgehead atoms. The number of benzene rings is 2. The lowest BCUT2D eigenvalue weighted by molar-refractivity contribution is -0.137. The summed E-state index contributed by atoms with van der Waals surface area (Å²) in [5.41, 5.74) is -0.340. The molecule has 0 unspecified atom stereocenters. The highest BCUT2D eigenvalue weighted by molar-refractivity contribution is 6.04. The predicted molar refractivity (Wildman–Crippen MR) is 80.3 cm³/mol. The van der Waals surface area contributed by atoms with Gasteiger partial charge in [-0.1, -0.05) is 12.1 Å². The highest BCUT2D eigenvalue weighted by Gasteiger charge is 2.30. The SMILES string of the molecule is O=c1c2ccccc2oc2c1cnc1ccc(C(F)(F)F)cc12. The molecule has 3 nitrogen and oxygen atoms in total. The third-order valence-corrected chi connectivity index (χ3v) is 3.73. The largest absolute Gasteiger partial charge is 0.455 e. The van der Waals surface area contributed by atoms with Gasteiger partial charge in [0.2, 0.25) is 5.43 Å².